The van der Waals surface area contributed by atoms with Crippen molar-refractivity contribution in [1.29, 1.82) is 0 Å². The Bertz CT molecular complexity index is 346. The molecule has 1 fully saturated rings. The molecule has 2 amide bonds. The fraction of sp³-hybridized carbons (Fsp3) is 0.750. The summed E-state index contributed by atoms with van der Waals surface area (Å²) in [5.41, 5.74) is 5.27. The molecule has 0 aromatic carbocycles. The average molecular weight is 271 g/mol. The van der Waals surface area contributed by atoms with Gasteiger partial charge in [0.05, 0.1) is 11.5 Å². The SMILES string of the molecule is CC1CCCC(N(C)C(=O)C(=O)NCC(N)=S)C1. The number of thiocarbonyl (C=S) groups is 1. The van der Waals surface area contributed by atoms with Crippen molar-refractivity contribution in [2.24, 2.45) is 11.7 Å². The molecular weight excluding hydrogens is 250 g/mol. The predicted molar refractivity (Wildman–Crippen MR) is 74.0 cm³/mol. The second kappa shape index (κ2) is 6.68. The van der Waals surface area contributed by atoms with E-state index in [-0.39, 0.29) is 17.6 Å². The lowest BCUT2D eigenvalue weighted by Gasteiger charge is -2.33. The van der Waals surface area contributed by atoms with Crippen molar-refractivity contribution in [3.63, 3.8) is 0 Å². The Morgan fingerprint density at radius 3 is 2.67 bits per heavy atom. The van der Waals surface area contributed by atoms with Crippen LogP contribution in [0.3, 0.4) is 0 Å². The van der Waals surface area contributed by atoms with Crippen molar-refractivity contribution in [1.82, 2.24) is 10.2 Å². The van der Waals surface area contributed by atoms with E-state index >= 15 is 0 Å². The highest BCUT2D eigenvalue weighted by molar-refractivity contribution is 7.80. The van der Waals surface area contributed by atoms with E-state index < -0.39 is 11.8 Å². The second-order valence-corrected chi connectivity index (χ2v) is 5.52. The smallest absolute Gasteiger partial charge is 0.311 e. The van der Waals surface area contributed by atoms with E-state index in [0.29, 0.717) is 5.92 Å². The normalized spacial score (nSPS) is 23.2. The van der Waals surface area contributed by atoms with Gasteiger partial charge in [-0.3, -0.25) is 9.59 Å². The highest BCUT2D eigenvalue weighted by Gasteiger charge is 2.28. The zero-order valence-electron chi connectivity index (χ0n) is 10.9. The van der Waals surface area contributed by atoms with Crippen LogP contribution in [0.25, 0.3) is 0 Å². The first kappa shape index (κ1) is 14.9. The number of hydrogen-bond acceptors (Lipinski definition) is 3. The molecule has 6 heteroatoms. The van der Waals surface area contributed by atoms with Gasteiger partial charge >= 0.3 is 11.8 Å². The molecule has 0 aromatic rings. The molecule has 102 valence electrons. The summed E-state index contributed by atoms with van der Waals surface area (Å²) in [5, 5.41) is 2.42. The summed E-state index contributed by atoms with van der Waals surface area (Å²) in [5.74, 6) is -0.535. The molecule has 3 N–H and O–H groups in total. The fourth-order valence-electron chi connectivity index (χ4n) is 2.32. The van der Waals surface area contributed by atoms with Crippen molar-refractivity contribution < 1.29 is 9.59 Å². The minimum atomic E-state index is -0.636. The van der Waals surface area contributed by atoms with Gasteiger partial charge in [-0.25, -0.2) is 0 Å². The molecule has 0 radical (unpaired) electrons. The highest BCUT2D eigenvalue weighted by Crippen LogP contribution is 2.26. The quantitative estimate of drug-likeness (QED) is 0.576. The molecule has 5 nitrogen and oxygen atoms in total. The molecule has 0 aliphatic heterocycles. The number of nitrogens with zero attached hydrogens (tertiary/aromatic N) is 1. The van der Waals surface area contributed by atoms with E-state index in [2.05, 4.69) is 24.5 Å². The minimum Gasteiger partial charge on any atom is -0.392 e. The average Bonchev–Trinajstić information content (AvgIpc) is 2.34. The number of nitrogens with one attached hydrogen (secondary N) is 1. The van der Waals surface area contributed by atoms with Gasteiger partial charge in [-0.05, 0) is 18.8 Å². The maximum Gasteiger partial charge on any atom is 0.311 e. The lowest BCUT2D eigenvalue weighted by Crippen LogP contribution is -2.48. The number of hydrogen-bond donors (Lipinski definition) is 2. The summed E-state index contributed by atoms with van der Waals surface area (Å²) in [6.07, 6.45) is 4.24. The minimum absolute atomic E-state index is 0.0643. The van der Waals surface area contributed by atoms with Crippen molar-refractivity contribution in [2.75, 3.05) is 13.6 Å². The van der Waals surface area contributed by atoms with Crippen molar-refractivity contribution >= 4 is 29.0 Å². The third-order valence-corrected chi connectivity index (χ3v) is 3.54. The lowest BCUT2D eigenvalue weighted by atomic mass is 9.86. The Balaban J connectivity index is 2.49. The van der Waals surface area contributed by atoms with E-state index in [0.717, 1.165) is 19.3 Å². The third kappa shape index (κ3) is 4.25. The monoisotopic (exact) mass is 271 g/mol. The first-order valence-corrected chi connectivity index (χ1v) is 6.66. The van der Waals surface area contributed by atoms with E-state index in [9.17, 15) is 9.59 Å². The maximum absolute atomic E-state index is 11.9. The molecule has 18 heavy (non-hydrogen) atoms. The Morgan fingerprint density at radius 1 is 1.44 bits per heavy atom. The van der Waals surface area contributed by atoms with E-state index in [1.54, 1.807) is 11.9 Å². The Kier molecular flexibility index (Phi) is 5.53. The van der Waals surface area contributed by atoms with Gasteiger partial charge in [-0.15, -0.1) is 0 Å². The molecule has 1 aliphatic carbocycles. The second-order valence-electron chi connectivity index (χ2n) is 4.99. The van der Waals surface area contributed by atoms with Crippen LogP contribution < -0.4 is 11.1 Å². The van der Waals surface area contributed by atoms with Crippen molar-refractivity contribution in [3.05, 3.63) is 0 Å². The summed E-state index contributed by atoms with van der Waals surface area (Å²) in [6, 6.07) is 0.164. The Labute approximate surface area is 113 Å². The zero-order chi connectivity index (χ0) is 13.7. The molecule has 2 atom stereocenters. The number of amides is 2. The van der Waals surface area contributed by atoms with Crippen LogP contribution in [0, 0.1) is 5.92 Å². The number of carbonyl (C=O) groups is 2. The molecular formula is C12H21N3O2S. The van der Waals surface area contributed by atoms with E-state index in [1.807, 2.05) is 0 Å². The first-order chi connectivity index (χ1) is 8.41. The number of rotatable bonds is 3. The molecule has 0 saturated heterocycles. The molecule has 1 rings (SSSR count). The Morgan fingerprint density at radius 2 is 2.11 bits per heavy atom. The molecule has 0 heterocycles. The summed E-state index contributed by atoms with van der Waals surface area (Å²) >= 11 is 4.64. The van der Waals surface area contributed by atoms with Gasteiger partial charge in [-0.2, -0.15) is 0 Å². The van der Waals surface area contributed by atoms with Crippen molar-refractivity contribution in [3.8, 4) is 0 Å². The lowest BCUT2D eigenvalue weighted by molar-refractivity contribution is -0.146. The van der Waals surface area contributed by atoms with Gasteiger partial charge in [0.15, 0.2) is 0 Å². The van der Waals surface area contributed by atoms with Crippen LogP contribution in [0.1, 0.15) is 32.6 Å². The van der Waals surface area contributed by atoms with Gasteiger partial charge in [0.1, 0.15) is 0 Å². The van der Waals surface area contributed by atoms with Crippen LogP contribution in [0.2, 0.25) is 0 Å². The number of likely N-dealkylation sites (N-methyl/N-ethyl adjacent to an activating group) is 1. The zero-order valence-corrected chi connectivity index (χ0v) is 11.8. The van der Waals surface area contributed by atoms with Crippen LogP contribution in [-0.2, 0) is 9.59 Å². The van der Waals surface area contributed by atoms with Crippen molar-refractivity contribution in [2.45, 2.75) is 38.6 Å². The van der Waals surface area contributed by atoms with Gasteiger partial charge in [0.2, 0.25) is 0 Å². The van der Waals surface area contributed by atoms with Crippen LogP contribution in [0.15, 0.2) is 0 Å². The topological polar surface area (TPSA) is 75.4 Å². The van der Waals surface area contributed by atoms with Gasteiger partial charge < -0.3 is 16.0 Å². The van der Waals surface area contributed by atoms with E-state index in [4.69, 9.17) is 5.73 Å². The summed E-state index contributed by atoms with van der Waals surface area (Å²) in [4.78, 5) is 25.2. The van der Waals surface area contributed by atoms with E-state index in [1.165, 1.54) is 6.42 Å². The summed E-state index contributed by atoms with van der Waals surface area (Å²) in [7, 11) is 1.69. The maximum atomic E-state index is 11.9. The van der Waals surface area contributed by atoms with Crippen LogP contribution >= 0.6 is 12.2 Å². The highest BCUT2D eigenvalue weighted by atomic mass is 32.1. The van der Waals surface area contributed by atoms with Crippen LogP contribution in [0.4, 0.5) is 0 Å². The van der Waals surface area contributed by atoms with Gasteiger partial charge in [0, 0.05) is 13.1 Å². The number of nitrogens with two attached hydrogens (primary N) is 1. The summed E-state index contributed by atoms with van der Waals surface area (Å²) in [6.45, 7) is 2.24. The largest absolute Gasteiger partial charge is 0.392 e. The molecule has 1 saturated carbocycles. The molecule has 0 aromatic heterocycles. The Hall–Kier alpha value is -1.17. The number of carbonyl (C=O) groups excluding carboxylic acids is 2. The molecule has 1 aliphatic rings. The van der Waals surface area contributed by atoms with Gasteiger partial charge in [-0.1, -0.05) is 32.0 Å². The fourth-order valence-corrected chi connectivity index (χ4v) is 2.40. The third-order valence-electron chi connectivity index (χ3n) is 3.39. The molecule has 0 spiro atoms. The summed E-state index contributed by atoms with van der Waals surface area (Å²) < 4.78 is 0. The first-order valence-electron chi connectivity index (χ1n) is 6.25. The molecule has 0 bridgehead atoms. The van der Waals surface area contributed by atoms with Crippen LogP contribution in [-0.4, -0.2) is 41.3 Å². The van der Waals surface area contributed by atoms with Crippen LogP contribution in [0.5, 0.6) is 0 Å². The standard InChI is InChI=1S/C12H21N3O2S/c1-8-4-3-5-9(6-8)15(2)12(17)11(16)14-7-10(13)18/h8-9H,3-7H2,1-2H3,(H2,13,18)(H,14,16). The van der Waals surface area contributed by atoms with Gasteiger partial charge in [0.25, 0.3) is 0 Å². The predicted octanol–water partition coefficient (Wildman–Crippen LogP) is 0.426. The molecule has 2 unspecified atom stereocenters.